The van der Waals surface area contributed by atoms with E-state index in [2.05, 4.69) is 5.32 Å². The van der Waals surface area contributed by atoms with Crippen molar-refractivity contribution < 1.29 is 19.1 Å². The van der Waals surface area contributed by atoms with Crippen molar-refractivity contribution in [1.82, 2.24) is 5.32 Å². The molecule has 6 nitrogen and oxygen atoms in total. The second kappa shape index (κ2) is 4.71. The zero-order valence-electron chi connectivity index (χ0n) is 12.5. The van der Waals surface area contributed by atoms with Gasteiger partial charge < -0.3 is 14.8 Å². The third kappa shape index (κ3) is 1.90. The zero-order chi connectivity index (χ0) is 15.3. The Bertz CT molecular complexity index is 664. The minimum atomic E-state index is -0.375. The summed E-state index contributed by atoms with van der Waals surface area (Å²) in [5.41, 5.74) is 2.84. The number of hydrogen-bond donors (Lipinski definition) is 1. The molecule has 0 radical (unpaired) electrons. The van der Waals surface area contributed by atoms with Gasteiger partial charge in [0.2, 0.25) is 0 Å². The van der Waals surface area contributed by atoms with Crippen molar-refractivity contribution in [3.63, 3.8) is 0 Å². The molecule has 1 aromatic carbocycles. The first-order valence-corrected chi connectivity index (χ1v) is 7.60. The fraction of sp³-hybridized carbons (Fsp3) is 0.500. The van der Waals surface area contributed by atoms with E-state index < -0.39 is 0 Å². The molecule has 2 fully saturated rings. The van der Waals surface area contributed by atoms with Gasteiger partial charge in [0.1, 0.15) is 12.2 Å². The lowest BCUT2D eigenvalue weighted by Crippen LogP contribution is -2.44. The highest BCUT2D eigenvalue weighted by atomic mass is 16.6. The van der Waals surface area contributed by atoms with Gasteiger partial charge in [-0.25, -0.2) is 9.59 Å². The SMILES string of the molecule is Cc1c(N2CC3(CCNCC3)OC2=O)ccc2c1COC2=O. The molecule has 1 amide bonds. The molecule has 1 spiro atoms. The number of ether oxygens (including phenoxy) is 2. The number of esters is 1. The molecule has 2 saturated heterocycles. The summed E-state index contributed by atoms with van der Waals surface area (Å²) in [6.07, 6.45) is 1.37. The summed E-state index contributed by atoms with van der Waals surface area (Å²) in [6, 6.07) is 3.57. The molecule has 0 unspecified atom stereocenters. The molecule has 1 aromatic rings. The van der Waals surface area contributed by atoms with Crippen LogP contribution in [0.2, 0.25) is 0 Å². The van der Waals surface area contributed by atoms with Gasteiger partial charge in [-0.1, -0.05) is 0 Å². The van der Waals surface area contributed by atoms with Gasteiger partial charge in [-0.3, -0.25) is 4.90 Å². The summed E-state index contributed by atoms with van der Waals surface area (Å²) < 4.78 is 10.8. The van der Waals surface area contributed by atoms with Crippen LogP contribution >= 0.6 is 0 Å². The Labute approximate surface area is 128 Å². The largest absolute Gasteiger partial charge is 0.457 e. The molecule has 3 heterocycles. The van der Waals surface area contributed by atoms with Crippen LogP contribution in [0.1, 0.15) is 34.3 Å². The van der Waals surface area contributed by atoms with Crippen molar-refractivity contribution in [2.45, 2.75) is 32.0 Å². The van der Waals surface area contributed by atoms with Gasteiger partial charge >= 0.3 is 12.1 Å². The summed E-state index contributed by atoms with van der Waals surface area (Å²) in [7, 11) is 0. The van der Waals surface area contributed by atoms with E-state index in [9.17, 15) is 9.59 Å². The summed E-state index contributed by atoms with van der Waals surface area (Å²) in [5, 5.41) is 3.29. The maximum absolute atomic E-state index is 12.3. The minimum Gasteiger partial charge on any atom is -0.457 e. The lowest BCUT2D eigenvalue weighted by Gasteiger charge is -2.31. The standard InChI is InChI=1S/C16H18N2O4/c1-10-12-8-21-14(19)11(12)2-3-13(10)18-9-16(22-15(18)20)4-6-17-7-5-16/h2-3,17H,4-9H2,1H3. The van der Waals surface area contributed by atoms with E-state index >= 15 is 0 Å². The van der Waals surface area contributed by atoms with E-state index in [-0.39, 0.29) is 24.3 Å². The fourth-order valence-electron chi connectivity index (χ4n) is 3.58. The number of cyclic esters (lactones) is 1. The number of nitrogens with one attached hydrogen (secondary N) is 1. The number of rotatable bonds is 1. The highest BCUT2D eigenvalue weighted by Gasteiger charge is 2.46. The van der Waals surface area contributed by atoms with Crippen LogP contribution in [-0.4, -0.2) is 37.3 Å². The molecule has 3 aliphatic heterocycles. The number of amides is 1. The van der Waals surface area contributed by atoms with Crippen LogP contribution in [0.3, 0.4) is 0 Å². The molecule has 0 aliphatic carbocycles. The molecule has 0 bridgehead atoms. The van der Waals surface area contributed by atoms with Crippen molar-refractivity contribution in [3.05, 3.63) is 28.8 Å². The van der Waals surface area contributed by atoms with E-state index in [0.29, 0.717) is 12.1 Å². The van der Waals surface area contributed by atoms with Crippen LogP contribution in [0.4, 0.5) is 10.5 Å². The van der Waals surface area contributed by atoms with Crippen molar-refractivity contribution >= 4 is 17.7 Å². The first-order valence-electron chi connectivity index (χ1n) is 7.60. The Hall–Kier alpha value is -2.08. The number of nitrogens with zero attached hydrogens (tertiary/aromatic N) is 1. The van der Waals surface area contributed by atoms with E-state index in [1.165, 1.54) is 0 Å². The van der Waals surface area contributed by atoms with Gasteiger partial charge in [0.15, 0.2) is 0 Å². The third-order valence-corrected chi connectivity index (χ3v) is 4.91. The monoisotopic (exact) mass is 302 g/mol. The van der Waals surface area contributed by atoms with Crippen LogP contribution in [0.25, 0.3) is 0 Å². The molecule has 6 heteroatoms. The molecule has 0 saturated carbocycles. The smallest absolute Gasteiger partial charge is 0.415 e. The van der Waals surface area contributed by atoms with E-state index in [1.54, 1.807) is 11.0 Å². The second-order valence-electron chi connectivity index (χ2n) is 6.20. The topological polar surface area (TPSA) is 67.9 Å². The molecule has 0 aromatic heterocycles. The molecule has 4 rings (SSSR count). The average Bonchev–Trinajstić information content (AvgIpc) is 3.03. The quantitative estimate of drug-likeness (QED) is 0.800. The normalized spacial score (nSPS) is 22.7. The van der Waals surface area contributed by atoms with Crippen molar-refractivity contribution in [2.24, 2.45) is 0 Å². The molecule has 3 aliphatic rings. The molecule has 22 heavy (non-hydrogen) atoms. The molecule has 116 valence electrons. The van der Waals surface area contributed by atoms with Crippen molar-refractivity contribution in [2.75, 3.05) is 24.5 Å². The Morgan fingerprint density at radius 3 is 2.77 bits per heavy atom. The fourth-order valence-corrected chi connectivity index (χ4v) is 3.58. The van der Waals surface area contributed by atoms with Crippen molar-refractivity contribution in [1.29, 1.82) is 0 Å². The zero-order valence-corrected chi connectivity index (χ0v) is 12.5. The summed E-state index contributed by atoms with van der Waals surface area (Å²) in [4.78, 5) is 25.7. The summed E-state index contributed by atoms with van der Waals surface area (Å²) >= 11 is 0. The number of carbonyl (C=O) groups is 2. The lowest BCUT2D eigenvalue weighted by molar-refractivity contribution is 0.0316. The number of benzene rings is 1. The Morgan fingerprint density at radius 1 is 1.23 bits per heavy atom. The predicted octanol–water partition coefficient (Wildman–Crippen LogP) is 1.74. The van der Waals surface area contributed by atoms with Crippen LogP contribution in [-0.2, 0) is 16.1 Å². The molecule has 0 atom stereocenters. The highest BCUT2D eigenvalue weighted by Crippen LogP contribution is 2.37. The Morgan fingerprint density at radius 2 is 2.00 bits per heavy atom. The number of carbonyl (C=O) groups excluding carboxylic acids is 2. The average molecular weight is 302 g/mol. The lowest BCUT2D eigenvalue weighted by atomic mass is 9.92. The van der Waals surface area contributed by atoms with E-state index in [0.717, 1.165) is 42.7 Å². The minimum absolute atomic E-state index is 0.284. The van der Waals surface area contributed by atoms with Gasteiger partial charge in [0.25, 0.3) is 0 Å². The number of anilines is 1. The summed E-state index contributed by atoms with van der Waals surface area (Å²) in [6.45, 7) is 4.52. The third-order valence-electron chi connectivity index (χ3n) is 4.91. The van der Waals surface area contributed by atoms with Gasteiger partial charge in [0, 0.05) is 18.4 Å². The van der Waals surface area contributed by atoms with E-state index in [4.69, 9.17) is 9.47 Å². The maximum Gasteiger partial charge on any atom is 0.415 e. The van der Waals surface area contributed by atoms with Gasteiger partial charge in [-0.15, -0.1) is 0 Å². The van der Waals surface area contributed by atoms with Crippen LogP contribution in [0, 0.1) is 6.92 Å². The Balaban J connectivity index is 1.68. The summed E-state index contributed by atoms with van der Waals surface area (Å²) in [5.74, 6) is -0.288. The first kappa shape index (κ1) is 13.6. The first-order chi connectivity index (χ1) is 10.6. The molecular formula is C16H18N2O4. The van der Waals surface area contributed by atoms with Gasteiger partial charge in [-0.05, 0) is 37.7 Å². The predicted molar refractivity (Wildman–Crippen MR) is 79.0 cm³/mol. The van der Waals surface area contributed by atoms with E-state index in [1.807, 2.05) is 13.0 Å². The highest BCUT2D eigenvalue weighted by molar-refractivity contribution is 5.97. The van der Waals surface area contributed by atoms with Crippen LogP contribution in [0.15, 0.2) is 12.1 Å². The maximum atomic E-state index is 12.3. The number of fused-ring (bicyclic) bond motifs is 1. The second-order valence-corrected chi connectivity index (χ2v) is 6.20. The van der Waals surface area contributed by atoms with Gasteiger partial charge in [-0.2, -0.15) is 0 Å². The molecule has 1 N–H and O–H groups in total. The van der Waals surface area contributed by atoms with Crippen LogP contribution < -0.4 is 10.2 Å². The van der Waals surface area contributed by atoms with Crippen LogP contribution in [0.5, 0.6) is 0 Å². The Kier molecular flexibility index (Phi) is 2.91. The molecular weight excluding hydrogens is 284 g/mol. The van der Waals surface area contributed by atoms with Crippen molar-refractivity contribution in [3.8, 4) is 0 Å². The number of hydrogen-bond acceptors (Lipinski definition) is 5. The number of piperidine rings is 1. The van der Waals surface area contributed by atoms with Gasteiger partial charge in [0.05, 0.1) is 17.8 Å².